The van der Waals surface area contributed by atoms with Gasteiger partial charge in [-0.1, -0.05) is 54.1 Å². The molecule has 6 unspecified atom stereocenters. The number of hydrogen-bond donors (Lipinski definition) is 2. The Morgan fingerprint density at radius 2 is 1.77 bits per heavy atom. The predicted molar refractivity (Wildman–Crippen MR) is 145 cm³/mol. The number of phenols is 1. The van der Waals surface area contributed by atoms with Crippen LogP contribution in [0, 0.1) is 29.1 Å². The molecule has 9 heteroatoms. The molecular weight excluding hydrogens is 510 g/mol. The number of nitrogens with zero attached hydrogens (tertiary/aromatic N) is 2. The first-order chi connectivity index (χ1) is 19.1. The summed E-state index contributed by atoms with van der Waals surface area (Å²) >= 11 is 0. The van der Waals surface area contributed by atoms with Gasteiger partial charge in [0.1, 0.15) is 5.75 Å². The summed E-state index contributed by atoms with van der Waals surface area (Å²) in [6.45, 7) is 5.53. The number of para-hydroxylation sites is 2. The highest BCUT2D eigenvalue weighted by atomic mass is 16.3. The van der Waals surface area contributed by atoms with E-state index in [0.717, 1.165) is 5.57 Å². The number of aromatic hydroxyl groups is 1. The van der Waals surface area contributed by atoms with Gasteiger partial charge in [0.15, 0.2) is 0 Å². The molecule has 6 amide bonds. The molecule has 2 aliphatic heterocycles. The van der Waals surface area contributed by atoms with Gasteiger partial charge >= 0.3 is 6.03 Å². The molecule has 1 saturated carbocycles. The van der Waals surface area contributed by atoms with Crippen LogP contribution >= 0.6 is 0 Å². The van der Waals surface area contributed by atoms with Crippen LogP contribution in [-0.2, 0) is 25.6 Å². The number of likely N-dealkylation sites (tertiary alicyclic amines) is 1. The van der Waals surface area contributed by atoms with Crippen molar-refractivity contribution >= 4 is 35.3 Å². The van der Waals surface area contributed by atoms with Crippen molar-refractivity contribution in [2.45, 2.75) is 32.1 Å². The molecule has 2 heterocycles. The first kappa shape index (κ1) is 25.7. The Balaban J connectivity index is 1.56. The van der Waals surface area contributed by atoms with Crippen molar-refractivity contribution in [1.29, 1.82) is 0 Å². The molecule has 4 aliphatic rings. The maximum atomic E-state index is 14.3. The predicted octanol–water partition coefficient (Wildman–Crippen LogP) is 3.43. The Labute approximate surface area is 230 Å². The minimum atomic E-state index is -1.28. The molecule has 0 bridgehead atoms. The molecule has 9 nitrogen and oxygen atoms in total. The van der Waals surface area contributed by atoms with Crippen LogP contribution in [0.1, 0.15) is 36.8 Å². The number of fused-ring (bicyclic) bond motifs is 4. The molecule has 0 spiro atoms. The van der Waals surface area contributed by atoms with E-state index in [9.17, 15) is 29.1 Å². The van der Waals surface area contributed by atoms with Crippen molar-refractivity contribution < 1.29 is 29.1 Å². The third kappa shape index (κ3) is 3.30. The lowest BCUT2D eigenvalue weighted by Gasteiger charge is -2.49. The topological polar surface area (TPSA) is 138 Å². The fraction of sp³-hybridized carbons (Fsp3) is 0.323. The molecule has 204 valence electrons. The number of primary amides is 1. The number of phenolic OH excluding ortho intramolecular Hbond substituents is 1. The van der Waals surface area contributed by atoms with E-state index < -0.39 is 58.8 Å². The fourth-order valence-corrected chi connectivity index (χ4v) is 7.56. The van der Waals surface area contributed by atoms with Gasteiger partial charge in [0, 0.05) is 11.5 Å². The highest BCUT2D eigenvalue weighted by molar-refractivity contribution is 6.24. The average Bonchev–Trinajstić information content (AvgIpc) is 3.30. The Hall–Kier alpha value is -4.53. The van der Waals surface area contributed by atoms with Gasteiger partial charge in [-0.15, -0.1) is 6.58 Å². The van der Waals surface area contributed by atoms with Gasteiger partial charge in [0.25, 0.3) is 0 Å². The van der Waals surface area contributed by atoms with Gasteiger partial charge in [-0.3, -0.25) is 19.2 Å². The van der Waals surface area contributed by atoms with Crippen molar-refractivity contribution in [3.8, 4) is 5.75 Å². The molecule has 3 N–H and O–H groups in total. The van der Waals surface area contributed by atoms with Crippen molar-refractivity contribution in [2.75, 3.05) is 4.90 Å². The summed E-state index contributed by atoms with van der Waals surface area (Å²) in [4.78, 5) is 68.6. The van der Waals surface area contributed by atoms with Gasteiger partial charge in [0.2, 0.25) is 23.6 Å². The fourth-order valence-electron chi connectivity index (χ4n) is 7.56. The molecule has 6 atom stereocenters. The standard InChI is InChI=1S/C31H29N3O6/c1-3-8-16-9-7-12-20(25(16)35)24-18-13-14-19-23(28(38)34(26(19)36)30(32)40)21(18)15-22-27(37)33(29(39)31(22,24)2)17-10-5-4-6-11-17/h3-7,9-13,19,21-24,35H,1,8,14-15H2,2H3,(H2,32,40). The lowest BCUT2D eigenvalue weighted by atomic mass is 9.51. The van der Waals surface area contributed by atoms with E-state index in [-0.39, 0.29) is 24.5 Å². The summed E-state index contributed by atoms with van der Waals surface area (Å²) in [6.07, 6.45) is 4.24. The number of nitrogens with two attached hydrogens (primary N) is 1. The average molecular weight is 540 g/mol. The quantitative estimate of drug-likeness (QED) is 0.451. The number of urea groups is 1. The van der Waals surface area contributed by atoms with Crippen LogP contribution in [0.4, 0.5) is 10.5 Å². The zero-order valence-corrected chi connectivity index (χ0v) is 21.9. The van der Waals surface area contributed by atoms with Gasteiger partial charge in [0.05, 0.1) is 28.9 Å². The number of carbonyl (C=O) groups excluding carboxylic acids is 5. The number of carbonyl (C=O) groups is 5. The van der Waals surface area contributed by atoms with Crippen molar-refractivity contribution in [3.63, 3.8) is 0 Å². The summed E-state index contributed by atoms with van der Waals surface area (Å²) in [7, 11) is 0. The van der Waals surface area contributed by atoms with E-state index in [1.807, 2.05) is 6.08 Å². The summed E-state index contributed by atoms with van der Waals surface area (Å²) in [6, 6.07) is 12.9. The lowest BCUT2D eigenvalue weighted by molar-refractivity contribution is -0.136. The van der Waals surface area contributed by atoms with E-state index in [1.54, 1.807) is 61.5 Å². The number of hydrogen-bond acceptors (Lipinski definition) is 6. The third-order valence-corrected chi connectivity index (χ3v) is 9.34. The normalized spacial score (nSPS) is 31.0. The number of allylic oxidation sites excluding steroid dienone is 3. The van der Waals surface area contributed by atoms with E-state index in [1.165, 1.54) is 4.90 Å². The van der Waals surface area contributed by atoms with Crippen molar-refractivity contribution in [3.05, 3.63) is 84.0 Å². The maximum absolute atomic E-state index is 14.3. The second-order valence-corrected chi connectivity index (χ2v) is 11.2. The molecule has 6 rings (SSSR count). The summed E-state index contributed by atoms with van der Waals surface area (Å²) in [5.74, 6) is -5.95. The van der Waals surface area contributed by atoms with E-state index in [4.69, 9.17) is 5.73 Å². The molecule has 2 aromatic carbocycles. The van der Waals surface area contributed by atoms with Crippen molar-refractivity contribution in [2.24, 2.45) is 34.8 Å². The maximum Gasteiger partial charge on any atom is 0.328 e. The molecule has 40 heavy (non-hydrogen) atoms. The number of anilines is 1. The SMILES string of the molecule is C=CCc1cccc(C2C3=CCC4C(=O)N(C(N)=O)C(=O)C4C3CC3C(=O)N(c4ccccc4)C(=O)C32C)c1O. The summed E-state index contributed by atoms with van der Waals surface area (Å²) < 4.78 is 0. The van der Waals surface area contributed by atoms with E-state index in [0.29, 0.717) is 28.1 Å². The minimum Gasteiger partial charge on any atom is -0.507 e. The first-order valence-corrected chi connectivity index (χ1v) is 13.3. The minimum absolute atomic E-state index is 0.00189. The van der Waals surface area contributed by atoms with Gasteiger partial charge < -0.3 is 10.8 Å². The Morgan fingerprint density at radius 1 is 1.05 bits per heavy atom. The highest BCUT2D eigenvalue weighted by Crippen LogP contribution is 2.64. The lowest BCUT2D eigenvalue weighted by Crippen LogP contribution is -2.49. The zero-order valence-electron chi connectivity index (χ0n) is 21.9. The third-order valence-electron chi connectivity index (χ3n) is 9.34. The molecule has 0 aromatic heterocycles. The van der Waals surface area contributed by atoms with Gasteiger partial charge in [-0.05, 0) is 49.8 Å². The van der Waals surface area contributed by atoms with Crippen LogP contribution in [0.15, 0.2) is 72.8 Å². The van der Waals surface area contributed by atoms with Crippen LogP contribution in [-0.4, -0.2) is 39.7 Å². The first-order valence-electron chi connectivity index (χ1n) is 13.3. The van der Waals surface area contributed by atoms with Crippen LogP contribution in [0.2, 0.25) is 0 Å². The number of imide groups is 4. The number of rotatable bonds is 4. The molecule has 3 fully saturated rings. The van der Waals surface area contributed by atoms with Gasteiger partial charge in [-0.2, -0.15) is 4.90 Å². The van der Waals surface area contributed by atoms with Crippen LogP contribution in [0.25, 0.3) is 0 Å². The zero-order chi connectivity index (χ0) is 28.5. The monoisotopic (exact) mass is 539 g/mol. The van der Waals surface area contributed by atoms with Crippen LogP contribution in [0.3, 0.4) is 0 Å². The Morgan fingerprint density at radius 3 is 2.45 bits per heavy atom. The molecule has 2 aromatic rings. The Bertz CT molecular complexity index is 1530. The highest BCUT2D eigenvalue weighted by Gasteiger charge is 2.68. The molecule has 2 aliphatic carbocycles. The van der Waals surface area contributed by atoms with E-state index in [2.05, 4.69) is 6.58 Å². The van der Waals surface area contributed by atoms with Gasteiger partial charge in [-0.25, -0.2) is 9.69 Å². The summed E-state index contributed by atoms with van der Waals surface area (Å²) in [5, 5.41) is 11.5. The van der Waals surface area contributed by atoms with Crippen LogP contribution in [0.5, 0.6) is 5.75 Å². The molecule has 0 radical (unpaired) electrons. The second-order valence-electron chi connectivity index (χ2n) is 11.2. The summed E-state index contributed by atoms with van der Waals surface area (Å²) in [5.41, 5.74) is 6.37. The Kier molecular flexibility index (Phi) is 5.80. The van der Waals surface area contributed by atoms with E-state index >= 15 is 0 Å². The largest absolute Gasteiger partial charge is 0.507 e. The van der Waals surface area contributed by atoms with Crippen molar-refractivity contribution in [1.82, 2.24) is 4.90 Å². The molecule has 2 saturated heterocycles. The number of amides is 6. The molecular formula is C31H29N3O6. The number of benzene rings is 2. The second kappa shape index (κ2) is 9.01. The van der Waals surface area contributed by atoms with Crippen LogP contribution < -0.4 is 10.6 Å². The smallest absolute Gasteiger partial charge is 0.328 e.